The Morgan fingerprint density at radius 1 is 1.28 bits per heavy atom. The lowest BCUT2D eigenvalue weighted by atomic mass is 10.1. The summed E-state index contributed by atoms with van der Waals surface area (Å²) in [5.41, 5.74) is 7.11. The number of benzene rings is 1. The zero-order chi connectivity index (χ0) is 21.6. The molecule has 0 saturated carbocycles. The van der Waals surface area contributed by atoms with Crippen LogP contribution in [0.4, 0.5) is 10.1 Å². The molecule has 3 N–H and O–H groups in total. The smallest absolute Gasteiger partial charge is 0.256 e. The zero-order valence-corrected chi connectivity index (χ0v) is 16.7. The number of pyridine rings is 1. The van der Waals surface area contributed by atoms with Crippen LogP contribution < -0.4 is 15.8 Å². The van der Waals surface area contributed by atoms with Crippen molar-refractivity contribution in [1.29, 1.82) is 0 Å². The Hall–Kier alpha value is -3.68. The fourth-order valence-corrected chi connectivity index (χ4v) is 2.51. The molecule has 0 aliphatic rings. The number of nitrogens with two attached hydrogens (primary N) is 1. The quantitative estimate of drug-likeness (QED) is 0.307. The number of ether oxygens (including phenoxy) is 1. The molecule has 2 rings (SSSR count). The summed E-state index contributed by atoms with van der Waals surface area (Å²) in [7, 11) is 3.29. The first-order chi connectivity index (χ1) is 13.7. The number of nitrogens with zero attached hydrogens (tertiary/aromatic N) is 2. The predicted molar refractivity (Wildman–Crippen MR) is 108 cm³/mol. The highest BCUT2D eigenvalue weighted by atomic mass is 19.1. The Kier molecular flexibility index (Phi) is 7.08. The number of aromatic nitrogens is 1. The second kappa shape index (κ2) is 9.50. The van der Waals surface area contributed by atoms with Gasteiger partial charge in [-0.25, -0.2) is 4.39 Å². The number of carbonyl (C=O) groups is 2. The molecule has 7 nitrogen and oxygen atoms in total. The third-order valence-corrected chi connectivity index (χ3v) is 3.98. The number of carbonyl (C=O) groups excluding carboxylic acids is 2. The minimum atomic E-state index is -0.858. The molecule has 0 aliphatic carbocycles. The maximum absolute atomic E-state index is 14.4. The molecule has 1 aromatic heterocycles. The van der Waals surface area contributed by atoms with Crippen molar-refractivity contribution in [2.24, 2.45) is 5.73 Å². The van der Waals surface area contributed by atoms with Crippen LogP contribution in [0.5, 0.6) is 5.75 Å². The van der Waals surface area contributed by atoms with E-state index in [-0.39, 0.29) is 22.8 Å². The Morgan fingerprint density at radius 3 is 2.55 bits per heavy atom. The SMILES string of the molecule is Cc1ccc(N/C(=C(C(N)=O)/C(=C\C=O)Oc2cnccc2C)N(C)C)c(F)c1. The number of allylic oxidation sites excluding steroid dienone is 1. The van der Waals surface area contributed by atoms with Gasteiger partial charge in [0.05, 0.1) is 11.9 Å². The highest BCUT2D eigenvalue weighted by Gasteiger charge is 2.23. The second-order valence-electron chi connectivity index (χ2n) is 6.50. The highest BCUT2D eigenvalue weighted by Crippen LogP contribution is 2.26. The summed E-state index contributed by atoms with van der Waals surface area (Å²) in [4.78, 5) is 29.1. The van der Waals surface area contributed by atoms with Gasteiger partial charge >= 0.3 is 0 Å². The van der Waals surface area contributed by atoms with Gasteiger partial charge in [0.2, 0.25) is 0 Å². The van der Waals surface area contributed by atoms with Gasteiger partial charge in [0.1, 0.15) is 35.0 Å². The molecule has 1 amide bonds. The number of amides is 1. The summed E-state index contributed by atoms with van der Waals surface area (Å²) in [5.74, 6) is -0.942. The van der Waals surface area contributed by atoms with Gasteiger partial charge in [-0.05, 0) is 43.2 Å². The average molecular weight is 398 g/mol. The van der Waals surface area contributed by atoms with E-state index in [1.54, 1.807) is 52.3 Å². The number of aryl methyl sites for hydroxylation is 2. The van der Waals surface area contributed by atoms with E-state index in [0.29, 0.717) is 12.0 Å². The second-order valence-corrected chi connectivity index (χ2v) is 6.50. The Labute approximate surface area is 168 Å². The largest absolute Gasteiger partial charge is 0.454 e. The maximum atomic E-state index is 14.4. The average Bonchev–Trinajstić information content (AvgIpc) is 2.64. The lowest BCUT2D eigenvalue weighted by Gasteiger charge is -2.24. The molecule has 8 heteroatoms. The van der Waals surface area contributed by atoms with Gasteiger partial charge in [-0.15, -0.1) is 0 Å². The van der Waals surface area contributed by atoms with Gasteiger partial charge in [0.25, 0.3) is 5.91 Å². The van der Waals surface area contributed by atoms with Gasteiger partial charge < -0.3 is 20.7 Å². The molecular weight excluding hydrogens is 375 g/mol. The fraction of sp³-hybridized carbons (Fsp3) is 0.190. The van der Waals surface area contributed by atoms with Crippen molar-refractivity contribution in [2.45, 2.75) is 13.8 Å². The summed E-state index contributed by atoms with van der Waals surface area (Å²) in [5, 5.41) is 2.87. The first kappa shape index (κ1) is 21.6. The predicted octanol–water partition coefficient (Wildman–Crippen LogP) is 2.67. The first-order valence-corrected chi connectivity index (χ1v) is 8.73. The van der Waals surface area contributed by atoms with Crippen molar-refractivity contribution in [3.63, 3.8) is 0 Å². The first-order valence-electron chi connectivity index (χ1n) is 8.73. The van der Waals surface area contributed by atoms with Crippen LogP contribution >= 0.6 is 0 Å². The molecular formula is C21H23FN4O3. The van der Waals surface area contributed by atoms with E-state index in [0.717, 1.165) is 17.2 Å². The van der Waals surface area contributed by atoms with Crippen LogP contribution in [-0.2, 0) is 9.59 Å². The van der Waals surface area contributed by atoms with Crippen LogP contribution in [0.3, 0.4) is 0 Å². The number of hydrogen-bond donors (Lipinski definition) is 2. The minimum absolute atomic E-state index is 0.0904. The molecule has 0 radical (unpaired) electrons. The molecule has 2 aromatic rings. The van der Waals surface area contributed by atoms with Gasteiger partial charge in [0, 0.05) is 26.4 Å². The number of halogens is 1. The normalized spacial score (nSPS) is 12.1. The molecule has 1 aromatic carbocycles. The summed E-state index contributed by atoms with van der Waals surface area (Å²) in [6.07, 6.45) is 4.59. The maximum Gasteiger partial charge on any atom is 0.256 e. The van der Waals surface area contributed by atoms with E-state index in [2.05, 4.69) is 10.3 Å². The number of primary amides is 1. The van der Waals surface area contributed by atoms with Gasteiger partial charge in [0.15, 0.2) is 0 Å². The third kappa shape index (κ3) is 5.41. The number of nitrogens with one attached hydrogen (secondary N) is 1. The summed E-state index contributed by atoms with van der Waals surface area (Å²) in [6.45, 7) is 3.55. The van der Waals surface area contributed by atoms with Gasteiger partial charge in [-0.3, -0.25) is 14.6 Å². The molecule has 0 atom stereocenters. The topological polar surface area (TPSA) is 97.5 Å². The van der Waals surface area contributed by atoms with Crippen molar-refractivity contribution >= 4 is 17.9 Å². The van der Waals surface area contributed by atoms with E-state index < -0.39 is 11.7 Å². The van der Waals surface area contributed by atoms with Crippen LogP contribution in [-0.4, -0.2) is 36.2 Å². The molecule has 0 saturated heterocycles. The van der Waals surface area contributed by atoms with E-state index in [4.69, 9.17) is 10.5 Å². The van der Waals surface area contributed by atoms with Crippen molar-refractivity contribution in [1.82, 2.24) is 9.88 Å². The number of rotatable bonds is 8. The molecule has 29 heavy (non-hydrogen) atoms. The molecule has 0 fully saturated rings. The minimum Gasteiger partial charge on any atom is -0.454 e. The molecule has 152 valence electrons. The van der Waals surface area contributed by atoms with Crippen LogP contribution in [0.1, 0.15) is 11.1 Å². The number of anilines is 1. The van der Waals surface area contributed by atoms with Crippen LogP contribution in [0, 0.1) is 19.7 Å². The highest BCUT2D eigenvalue weighted by molar-refractivity contribution is 5.98. The molecule has 0 unspecified atom stereocenters. The Bertz CT molecular complexity index is 984. The van der Waals surface area contributed by atoms with Crippen molar-refractivity contribution in [2.75, 3.05) is 19.4 Å². The van der Waals surface area contributed by atoms with Gasteiger partial charge in [-0.1, -0.05) is 6.07 Å². The van der Waals surface area contributed by atoms with E-state index in [9.17, 15) is 14.0 Å². The van der Waals surface area contributed by atoms with Crippen LogP contribution in [0.15, 0.2) is 59.9 Å². The molecule has 0 bridgehead atoms. The monoisotopic (exact) mass is 398 g/mol. The van der Waals surface area contributed by atoms with Crippen LogP contribution in [0.25, 0.3) is 0 Å². The lowest BCUT2D eigenvalue weighted by Crippen LogP contribution is -2.29. The third-order valence-electron chi connectivity index (χ3n) is 3.98. The molecule has 0 aliphatic heterocycles. The Balaban J connectivity index is 2.60. The van der Waals surface area contributed by atoms with E-state index in [1.165, 1.54) is 17.2 Å². The van der Waals surface area contributed by atoms with Crippen molar-refractivity contribution < 1.29 is 18.7 Å². The van der Waals surface area contributed by atoms with Gasteiger partial charge in [-0.2, -0.15) is 0 Å². The summed E-state index contributed by atoms with van der Waals surface area (Å²) >= 11 is 0. The lowest BCUT2D eigenvalue weighted by molar-refractivity contribution is -0.114. The van der Waals surface area contributed by atoms with Crippen molar-refractivity contribution in [3.8, 4) is 5.75 Å². The van der Waals surface area contributed by atoms with Crippen molar-refractivity contribution in [3.05, 3.63) is 76.8 Å². The standard InChI is InChI=1S/C21H23FN4O3/c1-13-5-6-16(15(22)11-13)25-21(26(3)4)19(20(23)28)17(8-10-27)29-18-12-24-9-7-14(18)2/h5-12,25H,1-4H3,(H2,23,28)/b17-8+,21-19+. The van der Waals surface area contributed by atoms with E-state index >= 15 is 0 Å². The summed E-state index contributed by atoms with van der Waals surface area (Å²) in [6, 6.07) is 6.34. The zero-order valence-electron chi connectivity index (χ0n) is 16.7. The number of aldehydes is 1. The van der Waals surface area contributed by atoms with E-state index in [1.807, 2.05) is 0 Å². The van der Waals surface area contributed by atoms with Crippen LogP contribution in [0.2, 0.25) is 0 Å². The Morgan fingerprint density at radius 2 is 2.00 bits per heavy atom. The number of hydrogen-bond acceptors (Lipinski definition) is 6. The molecule has 1 heterocycles. The fourth-order valence-electron chi connectivity index (χ4n) is 2.51. The molecule has 0 spiro atoms. The summed E-state index contributed by atoms with van der Waals surface area (Å²) < 4.78 is 20.1.